The van der Waals surface area contributed by atoms with E-state index < -0.39 is 0 Å². The van der Waals surface area contributed by atoms with E-state index in [9.17, 15) is 4.79 Å². The lowest BCUT2D eigenvalue weighted by Gasteiger charge is -2.39. The maximum absolute atomic E-state index is 10.9. The second-order valence-corrected chi connectivity index (χ2v) is 7.00. The second kappa shape index (κ2) is 5.87. The topological polar surface area (TPSA) is 55.1 Å². The van der Waals surface area contributed by atoms with Gasteiger partial charge in [0.25, 0.3) is 0 Å². The van der Waals surface area contributed by atoms with Crippen molar-refractivity contribution >= 4 is 23.4 Å². The van der Waals surface area contributed by atoms with Crippen molar-refractivity contribution < 1.29 is 4.79 Å². The van der Waals surface area contributed by atoms with Gasteiger partial charge in [0, 0.05) is 17.5 Å². The molecule has 1 aromatic rings. The molecule has 0 radical (unpaired) electrons. The molecule has 1 amide bonds. The smallest absolute Gasteiger partial charge is 0.221 e. The van der Waals surface area contributed by atoms with Crippen molar-refractivity contribution in [2.75, 3.05) is 16.8 Å². The van der Waals surface area contributed by atoms with E-state index >= 15 is 0 Å². The normalized spacial score (nSPS) is 21.9. The standard InChI is InChI=1S/C15H22N2OS/c1-15(2)7-8-19-10-13(15)17-12-5-3-11(4-6-12)9-14(16)18/h3-6,13,17H,7-10H2,1-2H3,(H2,16,18). The highest BCUT2D eigenvalue weighted by atomic mass is 32.2. The Bertz CT molecular complexity index is 442. The van der Waals surface area contributed by atoms with Crippen LogP contribution in [-0.4, -0.2) is 23.5 Å². The molecule has 3 nitrogen and oxygen atoms in total. The molecule has 2 rings (SSSR count). The molecular weight excluding hydrogens is 256 g/mol. The predicted molar refractivity (Wildman–Crippen MR) is 82.5 cm³/mol. The first-order valence-corrected chi connectivity index (χ1v) is 7.84. The lowest BCUT2D eigenvalue weighted by molar-refractivity contribution is -0.117. The lowest BCUT2D eigenvalue weighted by Crippen LogP contribution is -2.41. The van der Waals surface area contributed by atoms with Crippen LogP contribution >= 0.6 is 11.8 Å². The number of hydrogen-bond acceptors (Lipinski definition) is 3. The Labute approximate surface area is 119 Å². The number of anilines is 1. The molecule has 1 unspecified atom stereocenters. The van der Waals surface area contributed by atoms with Crippen LogP contribution < -0.4 is 11.1 Å². The highest BCUT2D eigenvalue weighted by Gasteiger charge is 2.32. The van der Waals surface area contributed by atoms with Gasteiger partial charge in [-0.2, -0.15) is 11.8 Å². The zero-order chi connectivity index (χ0) is 13.9. The number of nitrogens with two attached hydrogens (primary N) is 1. The molecule has 3 N–H and O–H groups in total. The van der Waals surface area contributed by atoms with E-state index in [2.05, 4.69) is 19.2 Å². The van der Waals surface area contributed by atoms with Gasteiger partial charge in [0.1, 0.15) is 0 Å². The summed E-state index contributed by atoms with van der Waals surface area (Å²) in [6.07, 6.45) is 1.56. The quantitative estimate of drug-likeness (QED) is 0.890. The van der Waals surface area contributed by atoms with E-state index in [1.54, 1.807) is 0 Å². The SMILES string of the molecule is CC1(C)CCSCC1Nc1ccc(CC(N)=O)cc1. The third-order valence-electron chi connectivity index (χ3n) is 3.79. The average molecular weight is 278 g/mol. The number of primary amides is 1. The lowest BCUT2D eigenvalue weighted by atomic mass is 9.82. The van der Waals surface area contributed by atoms with Gasteiger partial charge in [-0.05, 0) is 35.3 Å². The predicted octanol–water partition coefficient (Wildman–Crippen LogP) is 2.66. The van der Waals surface area contributed by atoms with Crippen LogP contribution in [0.4, 0.5) is 5.69 Å². The number of carbonyl (C=O) groups is 1. The minimum Gasteiger partial charge on any atom is -0.381 e. The van der Waals surface area contributed by atoms with Gasteiger partial charge in [0.2, 0.25) is 5.91 Å². The fourth-order valence-corrected chi connectivity index (χ4v) is 3.90. The molecule has 1 saturated heterocycles. The van der Waals surface area contributed by atoms with Crippen LogP contribution in [-0.2, 0) is 11.2 Å². The Hall–Kier alpha value is -1.16. The number of rotatable bonds is 4. The first kappa shape index (κ1) is 14.3. The molecule has 0 spiro atoms. The summed E-state index contributed by atoms with van der Waals surface area (Å²) in [7, 11) is 0. The van der Waals surface area contributed by atoms with Gasteiger partial charge < -0.3 is 11.1 Å². The van der Waals surface area contributed by atoms with Crippen molar-refractivity contribution in [3.8, 4) is 0 Å². The maximum Gasteiger partial charge on any atom is 0.221 e. The summed E-state index contributed by atoms with van der Waals surface area (Å²) in [5.41, 5.74) is 7.61. The molecule has 1 fully saturated rings. The summed E-state index contributed by atoms with van der Waals surface area (Å²) in [6.45, 7) is 4.65. The summed E-state index contributed by atoms with van der Waals surface area (Å²) in [6, 6.07) is 8.50. The molecule has 0 saturated carbocycles. The van der Waals surface area contributed by atoms with E-state index in [-0.39, 0.29) is 5.91 Å². The molecule has 4 heteroatoms. The van der Waals surface area contributed by atoms with E-state index in [4.69, 9.17) is 5.73 Å². The summed E-state index contributed by atoms with van der Waals surface area (Å²) in [5.74, 6) is 2.12. The molecular formula is C15H22N2OS. The van der Waals surface area contributed by atoms with Gasteiger partial charge in [0.05, 0.1) is 6.42 Å². The molecule has 104 valence electrons. The van der Waals surface area contributed by atoms with Crippen molar-refractivity contribution in [2.24, 2.45) is 11.1 Å². The van der Waals surface area contributed by atoms with Crippen LogP contribution in [0, 0.1) is 5.41 Å². The first-order chi connectivity index (χ1) is 8.97. The van der Waals surface area contributed by atoms with Crippen molar-refractivity contribution in [2.45, 2.75) is 32.7 Å². The van der Waals surface area contributed by atoms with E-state index in [1.807, 2.05) is 36.0 Å². The number of hydrogen-bond donors (Lipinski definition) is 2. The van der Waals surface area contributed by atoms with Crippen molar-refractivity contribution in [1.29, 1.82) is 0 Å². The van der Waals surface area contributed by atoms with Gasteiger partial charge in [-0.1, -0.05) is 26.0 Å². The van der Waals surface area contributed by atoms with E-state index in [0.29, 0.717) is 17.9 Å². The van der Waals surface area contributed by atoms with Crippen molar-refractivity contribution in [1.82, 2.24) is 0 Å². The fourth-order valence-electron chi connectivity index (χ4n) is 2.29. The maximum atomic E-state index is 10.9. The Morgan fingerprint density at radius 1 is 1.42 bits per heavy atom. The molecule has 1 aliphatic rings. The molecule has 1 aromatic carbocycles. The van der Waals surface area contributed by atoms with Crippen LogP contribution in [0.1, 0.15) is 25.8 Å². The molecule has 1 aliphatic heterocycles. The summed E-state index contributed by atoms with van der Waals surface area (Å²) in [5, 5.41) is 3.61. The third-order valence-corrected chi connectivity index (χ3v) is 4.85. The van der Waals surface area contributed by atoms with Crippen LogP contribution in [0.5, 0.6) is 0 Å². The van der Waals surface area contributed by atoms with Gasteiger partial charge in [0.15, 0.2) is 0 Å². The fraction of sp³-hybridized carbons (Fsp3) is 0.533. The van der Waals surface area contributed by atoms with Gasteiger partial charge in [-0.3, -0.25) is 4.79 Å². The van der Waals surface area contributed by atoms with Crippen LogP contribution in [0.2, 0.25) is 0 Å². The second-order valence-electron chi connectivity index (χ2n) is 5.85. The Kier molecular flexibility index (Phi) is 4.40. The molecule has 0 bridgehead atoms. The van der Waals surface area contributed by atoms with E-state index in [1.165, 1.54) is 12.2 Å². The first-order valence-electron chi connectivity index (χ1n) is 6.69. The number of carbonyl (C=O) groups excluding carboxylic acids is 1. The number of benzene rings is 1. The molecule has 0 aromatic heterocycles. The third kappa shape index (κ3) is 3.90. The molecule has 19 heavy (non-hydrogen) atoms. The minimum absolute atomic E-state index is 0.287. The largest absolute Gasteiger partial charge is 0.381 e. The molecule has 0 aliphatic carbocycles. The van der Waals surface area contributed by atoms with Gasteiger partial charge in [-0.25, -0.2) is 0 Å². The van der Waals surface area contributed by atoms with Gasteiger partial charge in [-0.15, -0.1) is 0 Å². The Morgan fingerprint density at radius 3 is 2.68 bits per heavy atom. The van der Waals surface area contributed by atoms with Crippen LogP contribution in [0.3, 0.4) is 0 Å². The van der Waals surface area contributed by atoms with Crippen LogP contribution in [0.15, 0.2) is 24.3 Å². The summed E-state index contributed by atoms with van der Waals surface area (Å²) >= 11 is 2.01. The summed E-state index contributed by atoms with van der Waals surface area (Å²) < 4.78 is 0. The Balaban J connectivity index is 2.00. The molecule has 1 heterocycles. The number of nitrogens with one attached hydrogen (secondary N) is 1. The zero-order valence-corrected chi connectivity index (χ0v) is 12.4. The average Bonchev–Trinajstić information content (AvgIpc) is 2.33. The minimum atomic E-state index is -0.287. The molecule has 1 atom stereocenters. The number of thioether (sulfide) groups is 1. The van der Waals surface area contributed by atoms with Crippen molar-refractivity contribution in [3.05, 3.63) is 29.8 Å². The zero-order valence-electron chi connectivity index (χ0n) is 11.6. The number of amides is 1. The monoisotopic (exact) mass is 278 g/mol. The summed E-state index contributed by atoms with van der Waals surface area (Å²) in [4.78, 5) is 10.9. The highest BCUT2D eigenvalue weighted by molar-refractivity contribution is 7.99. The highest BCUT2D eigenvalue weighted by Crippen LogP contribution is 2.35. The van der Waals surface area contributed by atoms with E-state index in [0.717, 1.165) is 17.0 Å². The van der Waals surface area contributed by atoms with Crippen molar-refractivity contribution in [3.63, 3.8) is 0 Å². The van der Waals surface area contributed by atoms with Crippen LogP contribution in [0.25, 0.3) is 0 Å². The van der Waals surface area contributed by atoms with Gasteiger partial charge >= 0.3 is 0 Å². The Morgan fingerprint density at radius 2 is 2.11 bits per heavy atom.